The summed E-state index contributed by atoms with van der Waals surface area (Å²) in [4.78, 5) is 22.7. The summed E-state index contributed by atoms with van der Waals surface area (Å²) in [6.45, 7) is 22.5. The van der Waals surface area contributed by atoms with Crippen molar-refractivity contribution < 1.29 is 64.1 Å². The molecule has 0 bridgehead atoms. The molecule has 48 heavy (non-hydrogen) atoms. The minimum absolute atomic E-state index is 0. The van der Waals surface area contributed by atoms with E-state index in [0.717, 1.165) is 0 Å². The normalized spacial score (nSPS) is 6.21. The van der Waals surface area contributed by atoms with E-state index in [2.05, 4.69) is 63.2 Å². The van der Waals surface area contributed by atoms with E-state index in [-0.39, 0.29) is 40.8 Å². The van der Waals surface area contributed by atoms with Gasteiger partial charge in [-0.1, -0.05) is 36.4 Å². The Bertz CT molecular complexity index is 920. The van der Waals surface area contributed by atoms with Crippen LogP contribution in [0.2, 0.25) is 0 Å². The van der Waals surface area contributed by atoms with Gasteiger partial charge in [-0.25, -0.2) is 0 Å². The quantitative estimate of drug-likeness (QED) is 0.128. The van der Waals surface area contributed by atoms with Crippen molar-refractivity contribution in [2.24, 2.45) is 0 Å². The van der Waals surface area contributed by atoms with Gasteiger partial charge in [0, 0.05) is 115 Å². The number of rotatable bonds is 0. The van der Waals surface area contributed by atoms with Gasteiger partial charge in [-0.05, 0) is 72.8 Å². The molecule has 0 aliphatic heterocycles. The van der Waals surface area contributed by atoms with Crippen molar-refractivity contribution in [3.63, 3.8) is 0 Å². The number of hydrogen-bond donors (Lipinski definition) is 0. The molecule has 244 valence electrons. The maximum Gasteiger partial charge on any atom is 0.0267 e. The Morgan fingerprint density at radius 2 is 0.271 bits per heavy atom. The van der Waals surface area contributed by atoms with E-state index in [0.29, 0.717) is 0 Å². The first-order valence-electron chi connectivity index (χ1n) is 12.1. The molecular weight excluding hydrogens is 957 g/mol. The summed E-state index contributed by atoms with van der Waals surface area (Å²) in [7, 11) is 0. The molecule has 0 aliphatic carbocycles. The summed E-state index contributed by atoms with van der Waals surface area (Å²) < 4.78 is 37.5. The zero-order chi connectivity index (χ0) is 35.5. The van der Waals surface area contributed by atoms with E-state index in [1.807, 2.05) is 109 Å². The fraction of sp³-hybridized carbons (Fsp3) is 0. The molecule has 0 amide bonds. The molecule has 0 saturated carbocycles. The Morgan fingerprint density at radius 3 is 0.292 bits per heavy atom. The van der Waals surface area contributed by atoms with Crippen molar-refractivity contribution in [2.75, 3.05) is 0 Å². The molecule has 0 N–H and O–H groups in total. The monoisotopic (exact) mass is 988 g/mol. The zero-order valence-electron chi connectivity index (χ0n) is 25.3. The van der Waals surface area contributed by atoms with Crippen LogP contribution in [-0.4, -0.2) is 29.9 Å². The van der Waals surface area contributed by atoms with E-state index < -0.39 is 0 Å². The van der Waals surface area contributed by atoms with Crippen LogP contribution in [0.25, 0.3) is 0 Å². The molecule has 2 radical (unpaired) electrons. The van der Waals surface area contributed by atoms with Crippen LogP contribution in [0.3, 0.4) is 0 Å². The number of hydrogen-bond acceptors (Lipinski definition) is 6. The van der Waals surface area contributed by atoms with Crippen LogP contribution in [0.5, 0.6) is 0 Å². The largest absolute Gasteiger partial charge is 0.265 e. The molecule has 6 heterocycles. The predicted molar refractivity (Wildman–Crippen MR) is 165 cm³/mol. The average molecular weight is 987 g/mol. The topological polar surface area (TPSA) is 177 Å². The van der Waals surface area contributed by atoms with Gasteiger partial charge in [0.25, 0.3) is 0 Å². The third kappa shape index (κ3) is 68.2. The second-order valence-corrected chi connectivity index (χ2v) is 6.15. The Labute approximate surface area is 309 Å². The summed E-state index contributed by atoms with van der Waals surface area (Å²) in [6, 6.07) is 34.3. The van der Waals surface area contributed by atoms with Crippen molar-refractivity contribution in [1.29, 1.82) is 0 Å². The molecule has 6 aromatic heterocycles. The van der Waals surface area contributed by atoms with Crippen LogP contribution < -0.4 is 0 Å². The van der Waals surface area contributed by atoms with Crippen LogP contribution >= 0.6 is 0 Å². The van der Waals surface area contributed by atoms with E-state index in [9.17, 15) is 0 Å². The predicted octanol–water partition coefficient (Wildman–Crippen LogP) is 6.30. The van der Waals surface area contributed by atoms with E-state index in [1.54, 1.807) is 74.4 Å². The number of aromatic nitrogens is 6. The molecule has 0 atom stereocenters. The van der Waals surface area contributed by atoms with Gasteiger partial charge >= 0.3 is 56.5 Å². The molecule has 0 spiro atoms. The van der Waals surface area contributed by atoms with Gasteiger partial charge in [0.2, 0.25) is 0 Å². The van der Waals surface area contributed by atoms with Gasteiger partial charge in [-0.2, -0.15) is 0 Å². The van der Waals surface area contributed by atoms with Crippen LogP contribution in [0, 0.1) is 33.3 Å². The van der Waals surface area contributed by atoms with Crippen molar-refractivity contribution in [3.05, 3.63) is 217 Å². The number of nitrogens with zero attached hydrogens (tertiary/aromatic N) is 6. The summed E-state index contributed by atoms with van der Waals surface area (Å²) in [6.07, 6.45) is 21.0. The molecule has 13 heteroatoms. The maximum atomic E-state index is 7.50. The second kappa shape index (κ2) is 73.4. The van der Waals surface area contributed by atoms with Crippen LogP contribution in [-0.2, 0) is 64.1 Å². The summed E-state index contributed by atoms with van der Waals surface area (Å²) >= 11 is 0. The molecule has 6 rings (SSSR count). The summed E-state index contributed by atoms with van der Waals surface area (Å²) in [5.74, 6) is 0. The smallest absolute Gasteiger partial charge is 0.0267 e. The zero-order valence-corrected chi connectivity index (χ0v) is 30.7. The van der Waals surface area contributed by atoms with Gasteiger partial charge in [0.05, 0.1) is 0 Å². The molecular formula is C35H30N6O5Re2. The first-order chi connectivity index (χ1) is 23.0. The third-order valence-electron chi connectivity index (χ3n) is 3.40. The Hall–Kier alpha value is -5.08. The van der Waals surface area contributed by atoms with Gasteiger partial charge in [-0.3, -0.25) is 29.9 Å². The first-order valence-corrected chi connectivity index (χ1v) is 12.1. The van der Waals surface area contributed by atoms with Crippen molar-refractivity contribution in [2.45, 2.75) is 0 Å². The SMILES string of the molecule is [C-]#[O+].[C-]#[O+].[C-]#[O+].[C-]#[O+].[C-]#[O+].[Re].[Re].c1ccncc1.c1ccncc1.c1ccncc1.c1ccncc1.c1ccncc1.c1ccncc1. The van der Waals surface area contributed by atoms with Crippen molar-refractivity contribution >= 4 is 0 Å². The first kappa shape index (κ1) is 58.5. The van der Waals surface area contributed by atoms with Crippen LogP contribution in [0.1, 0.15) is 0 Å². The fourth-order valence-corrected chi connectivity index (χ4v) is 1.88. The van der Waals surface area contributed by atoms with Crippen molar-refractivity contribution in [3.8, 4) is 0 Å². The molecule has 0 saturated heterocycles. The standard InChI is InChI=1S/6C5H5N.5CO.2Re/c6*1-2-4-6-5-3-1;5*1-2;;/h6*1-5H;;;;;;;. The molecule has 6 aromatic rings. The minimum Gasteiger partial charge on any atom is -0.265 e. The average Bonchev–Trinajstić information content (AvgIpc) is 3.24. The second-order valence-electron chi connectivity index (χ2n) is 6.15. The molecule has 0 unspecified atom stereocenters. The molecule has 0 aliphatic rings. The minimum atomic E-state index is 0. The van der Waals surface area contributed by atoms with Gasteiger partial charge in [0.15, 0.2) is 0 Å². The Balaban J connectivity index is -0.0000000792. The molecule has 0 aromatic carbocycles. The van der Waals surface area contributed by atoms with E-state index >= 15 is 0 Å². The Morgan fingerprint density at radius 1 is 0.188 bits per heavy atom. The van der Waals surface area contributed by atoms with Crippen LogP contribution in [0.15, 0.2) is 184 Å². The fourth-order valence-electron chi connectivity index (χ4n) is 1.88. The van der Waals surface area contributed by atoms with Gasteiger partial charge < -0.3 is 0 Å². The summed E-state index contributed by atoms with van der Waals surface area (Å²) in [5, 5.41) is 0. The van der Waals surface area contributed by atoms with E-state index in [4.69, 9.17) is 23.3 Å². The van der Waals surface area contributed by atoms with Gasteiger partial charge in [-0.15, -0.1) is 0 Å². The number of pyridine rings is 6. The molecule has 11 nitrogen and oxygen atoms in total. The Kier molecular flexibility index (Phi) is 89.4. The van der Waals surface area contributed by atoms with Gasteiger partial charge in [0.1, 0.15) is 0 Å². The van der Waals surface area contributed by atoms with Crippen molar-refractivity contribution in [1.82, 2.24) is 29.9 Å². The molecule has 0 fully saturated rings. The summed E-state index contributed by atoms with van der Waals surface area (Å²) in [5.41, 5.74) is 0. The maximum absolute atomic E-state index is 7.50. The van der Waals surface area contributed by atoms with E-state index in [1.165, 1.54) is 0 Å². The van der Waals surface area contributed by atoms with Crippen LogP contribution in [0.4, 0.5) is 0 Å². The third-order valence-corrected chi connectivity index (χ3v) is 3.40.